The van der Waals surface area contributed by atoms with Crippen LogP contribution in [0.3, 0.4) is 0 Å². The summed E-state index contributed by atoms with van der Waals surface area (Å²) in [7, 11) is 0. The van der Waals surface area contributed by atoms with Crippen LogP contribution in [0, 0.1) is 5.82 Å². The Morgan fingerprint density at radius 1 is 1.29 bits per heavy atom. The van der Waals surface area contributed by atoms with Gasteiger partial charge in [-0.15, -0.1) is 0 Å². The number of rotatable bonds is 3. The third kappa shape index (κ3) is 1.84. The van der Waals surface area contributed by atoms with Crippen molar-refractivity contribution in [2.24, 2.45) is 0 Å². The van der Waals surface area contributed by atoms with E-state index in [1.807, 2.05) is 0 Å². The van der Waals surface area contributed by atoms with Crippen LogP contribution >= 0.6 is 0 Å². The monoisotopic (exact) mass is 237 g/mol. The van der Waals surface area contributed by atoms with E-state index in [0.717, 1.165) is 0 Å². The molecule has 3 N–H and O–H groups in total. The number of halogens is 1. The molecule has 0 spiro atoms. The Balaban J connectivity index is 2.75. The van der Waals surface area contributed by atoms with Crippen molar-refractivity contribution >= 4 is 22.8 Å². The number of carbonyl (C=O) groups is 2. The molecule has 0 aliphatic heterocycles. The topological polar surface area (TPSA) is 90.4 Å². The number of hydrogen-bond donors (Lipinski definition) is 3. The lowest BCUT2D eigenvalue weighted by Gasteiger charge is -1.97. The summed E-state index contributed by atoms with van der Waals surface area (Å²) >= 11 is 0. The number of aliphatic carboxylic acids is 1. The maximum Gasteiger partial charge on any atom is 0.352 e. The minimum atomic E-state index is -1.31. The SMILES string of the molecule is O=C(O)Cc1c(C(=O)O)[nH]c2c(F)cccc12. The largest absolute Gasteiger partial charge is 0.481 e. The Bertz CT molecular complexity index is 617. The summed E-state index contributed by atoms with van der Waals surface area (Å²) in [5.41, 5.74) is -0.187. The van der Waals surface area contributed by atoms with Crippen LogP contribution in [-0.2, 0) is 11.2 Å². The number of carboxylic acids is 2. The second-order valence-electron chi connectivity index (χ2n) is 3.52. The molecule has 0 unspecified atom stereocenters. The number of para-hydroxylation sites is 1. The van der Waals surface area contributed by atoms with E-state index in [0.29, 0.717) is 0 Å². The molecule has 0 fully saturated rings. The fraction of sp³-hybridized carbons (Fsp3) is 0.0909. The predicted molar refractivity (Wildman–Crippen MR) is 56.6 cm³/mol. The zero-order chi connectivity index (χ0) is 12.6. The van der Waals surface area contributed by atoms with Gasteiger partial charge < -0.3 is 15.2 Å². The fourth-order valence-electron chi connectivity index (χ4n) is 1.76. The second-order valence-corrected chi connectivity index (χ2v) is 3.52. The summed E-state index contributed by atoms with van der Waals surface area (Å²) in [4.78, 5) is 24.0. The number of carboxylic acid groups (broad SMARTS) is 2. The van der Waals surface area contributed by atoms with Gasteiger partial charge in [0.05, 0.1) is 11.9 Å². The van der Waals surface area contributed by atoms with E-state index in [1.165, 1.54) is 18.2 Å². The number of aromatic nitrogens is 1. The highest BCUT2D eigenvalue weighted by atomic mass is 19.1. The van der Waals surface area contributed by atoms with Crippen molar-refractivity contribution in [3.63, 3.8) is 0 Å². The Morgan fingerprint density at radius 3 is 2.59 bits per heavy atom. The first-order chi connectivity index (χ1) is 8.00. The van der Waals surface area contributed by atoms with Crippen molar-refractivity contribution in [2.45, 2.75) is 6.42 Å². The van der Waals surface area contributed by atoms with Crippen molar-refractivity contribution in [3.05, 3.63) is 35.3 Å². The van der Waals surface area contributed by atoms with E-state index in [1.54, 1.807) is 0 Å². The summed E-state index contributed by atoms with van der Waals surface area (Å²) in [6.07, 6.45) is -0.467. The minimum absolute atomic E-state index is 0.0150. The Kier molecular flexibility index (Phi) is 2.55. The van der Waals surface area contributed by atoms with Crippen LogP contribution in [0.25, 0.3) is 10.9 Å². The molecule has 1 aromatic heterocycles. The molecule has 0 saturated carbocycles. The average molecular weight is 237 g/mol. The smallest absolute Gasteiger partial charge is 0.352 e. The highest BCUT2D eigenvalue weighted by Gasteiger charge is 2.20. The molecule has 17 heavy (non-hydrogen) atoms. The first-order valence-electron chi connectivity index (χ1n) is 4.75. The van der Waals surface area contributed by atoms with Crippen LogP contribution < -0.4 is 0 Å². The Labute approximate surface area is 94.5 Å². The van der Waals surface area contributed by atoms with Gasteiger partial charge in [0.2, 0.25) is 0 Å². The molecular weight excluding hydrogens is 229 g/mol. The van der Waals surface area contributed by atoms with Gasteiger partial charge in [-0.25, -0.2) is 9.18 Å². The van der Waals surface area contributed by atoms with Gasteiger partial charge in [-0.05, 0) is 6.07 Å². The Morgan fingerprint density at radius 2 is 2.00 bits per heavy atom. The van der Waals surface area contributed by atoms with Crippen LogP contribution in [0.5, 0.6) is 0 Å². The van der Waals surface area contributed by atoms with Crippen molar-refractivity contribution in [3.8, 4) is 0 Å². The molecule has 6 heteroatoms. The molecular formula is C11H8FNO4. The number of hydrogen-bond acceptors (Lipinski definition) is 2. The van der Waals surface area contributed by atoms with Crippen LogP contribution in [0.4, 0.5) is 4.39 Å². The van der Waals surface area contributed by atoms with Gasteiger partial charge in [-0.1, -0.05) is 12.1 Å². The van der Waals surface area contributed by atoms with Crippen molar-refractivity contribution in [1.82, 2.24) is 4.98 Å². The van der Waals surface area contributed by atoms with E-state index in [4.69, 9.17) is 10.2 Å². The number of fused-ring (bicyclic) bond motifs is 1. The maximum atomic E-state index is 13.4. The second kappa shape index (κ2) is 3.89. The van der Waals surface area contributed by atoms with E-state index in [9.17, 15) is 14.0 Å². The molecule has 2 rings (SSSR count). The lowest BCUT2D eigenvalue weighted by molar-refractivity contribution is -0.136. The van der Waals surface area contributed by atoms with Crippen molar-refractivity contribution in [2.75, 3.05) is 0 Å². The number of aromatic amines is 1. The molecule has 0 saturated heterocycles. The number of H-pyrrole nitrogens is 1. The normalized spacial score (nSPS) is 10.6. The summed E-state index contributed by atoms with van der Waals surface area (Å²) in [5.74, 6) is -3.09. The third-order valence-corrected chi connectivity index (χ3v) is 2.43. The summed E-state index contributed by atoms with van der Waals surface area (Å²) < 4.78 is 13.4. The first-order valence-corrected chi connectivity index (χ1v) is 4.75. The van der Waals surface area contributed by atoms with Gasteiger partial charge >= 0.3 is 11.9 Å². The zero-order valence-corrected chi connectivity index (χ0v) is 8.53. The molecule has 0 aliphatic rings. The third-order valence-electron chi connectivity index (χ3n) is 2.43. The molecule has 5 nitrogen and oxygen atoms in total. The molecule has 0 radical (unpaired) electrons. The number of aromatic carboxylic acids is 1. The van der Waals surface area contributed by atoms with Gasteiger partial charge in [0, 0.05) is 10.9 Å². The van der Waals surface area contributed by atoms with Crippen LogP contribution in [0.2, 0.25) is 0 Å². The minimum Gasteiger partial charge on any atom is -0.481 e. The molecule has 88 valence electrons. The Hall–Kier alpha value is -2.37. The van der Waals surface area contributed by atoms with Gasteiger partial charge in [-0.2, -0.15) is 0 Å². The lowest BCUT2D eigenvalue weighted by atomic mass is 10.1. The van der Waals surface area contributed by atoms with E-state index in [-0.39, 0.29) is 22.2 Å². The standard InChI is InChI=1S/C11H8FNO4/c12-7-3-1-2-5-6(4-8(14)15)10(11(16)17)13-9(5)7/h1-3,13H,4H2,(H,14,15)(H,16,17). The molecule has 1 heterocycles. The summed E-state index contributed by atoms with van der Waals surface area (Å²) in [6, 6.07) is 4.07. The average Bonchev–Trinajstić information content (AvgIpc) is 2.58. The zero-order valence-electron chi connectivity index (χ0n) is 8.53. The highest BCUT2D eigenvalue weighted by molar-refractivity contribution is 5.99. The van der Waals surface area contributed by atoms with E-state index in [2.05, 4.69) is 4.98 Å². The molecule has 0 bridgehead atoms. The molecule has 1 aromatic carbocycles. The van der Waals surface area contributed by atoms with Crippen LogP contribution in [0.15, 0.2) is 18.2 Å². The highest BCUT2D eigenvalue weighted by Crippen LogP contribution is 2.25. The maximum absolute atomic E-state index is 13.4. The summed E-state index contributed by atoms with van der Waals surface area (Å²) in [5, 5.41) is 17.9. The predicted octanol–water partition coefficient (Wildman–Crippen LogP) is 1.63. The van der Waals surface area contributed by atoms with Crippen molar-refractivity contribution < 1.29 is 24.2 Å². The summed E-state index contributed by atoms with van der Waals surface area (Å²) in [6.45, 7) is 0. The van der Waals surface area contributed by atoms with Gasteiger partial charge in [0.15, 0.2) is 0 Å². The molecule has 0 aliphatic carbocycles. The lowest BCUT2D eigenvalue weighted by Crippen LogP contribution is -2.06. The van der Waals surface area contributed by atoms with Crippen LogP contribution in [-0.4, -0.2) is 27.1 Å². The molecule has 0 atom stereocenters. The first kappa shape index (κ1) is 11.1. The van der Waals surface area contributed by atoms with Gasteiger partial charge in [0.1, 0.15) is 11.5 Å². The number of nitrogens with one attached hydrogen (secondary N) is 1. The number of benzene rings is 1. The van der Waals surface area contributed by atoms with Gasteiger partial charge in [-0.3, -0.25) is 4.79 Å². The van der Waals surface area contributed by atoms with Gasteiger partial charge in [0.25, 0.3) is 0 Å². The molecule has 2 aromatic rings. The van der Waals surface area contributed by atoms with E-state index < -0.39 is 24.2 Å². The van der Waals surface area contributed by atoms with Crippen molar-refractivity contribution in [1.29, 1.82) is 0 Å². The molecule has 0 amide bonds. The quantitative estimate of drug-likeness (QED) is 0.756. The van der Waals surface area contributed by atoms with E-state index >= 15 is 0 Å². The fourth-order valence-corrected chi connectivity index (χ4v) is 1.76. The van der Waals surface area contributed by atoms with Crippen LogP contribution in [0.1, 0.15) is 16.1 Å².